The molecule has 0 aliphatic heterocycles. The van der Waals surface area contributed by atoms with Crippen molar-refractivity contribution in [1.82, 2.24) is 19.4 Å². The summed E-state index contributed by atoms with van der Waals surface area (Å²) in [5.74, 6) is 0.719. The van der Waals surface area contributed by atoms with Crippen molar-refractivity contribution < 1.29 is 0 Å². The molecule has 0 atom stereocenters. The Bertz CT molecular complexity index is 813. The van der Waals surface area contributed by atoms with Crippen molar-refractivity contribution in [2.75, 3.05) is 5.32 Å². The van der Waals surface area contributed by atoms with Crippen LogP contribution >= 0.6 is 11.3 Å². The number of anilines is 2. The van der Waals surface area contributed by atoms with Crippen LogP contribution in [-0.2, 0) is 0 Å². The van der Waals surface area contributed by atoms with Gasteiger partial charge in [0, 0.05) is 24.0 Å². The minimum absolute atomic E-state index is 0.719. The van der Waals surface area contributed by atoms with Gasteiger partial charge < -0.3 is 5.32 Å². The summed E-state index contributed by atoms with van der Waals surface area (Å²) in [6.45, 7) is 0. The van der Waals surface area contributed by atoms with Crippen molar-refractivity contribution in [1.29, 1.82) is 0 Å². The molecule has 0 fully saturated rings. The van der Waals surface area contributed by atoms with E-state index in [4.69, 9.17) is 0 Å². The first kappa shape index (κ1) is 11.4. The topological polar surface area (TPSA) is 55.1 Å². The highest BCUT2D eigenvalue weighted by atomic mass is 32.1. The van der Waals surface area contributed by atoms with Gasteiger partial charge in [0.15, 0.2) is 16.6 Å². The van der Waals surface area contributed by atoms with E-state index in [2.05, 4.69) is 38.5 Å². The molecule has 6 heteroatoms. The molecule has 5 nitrogen and oxygen atoms in total. The SMILES string of the molecule is C1=CC(c2cnc3c(Nc4nccs4)nccn23)=CC1. The predicted octanol–water partition coefficient (Wildman–Crippen LogP) is 3.27. The number of nitrogens with zero attached hydrogens (tertiary/aromatic N) is 4. The fourth-order valence-electron chi connectivity index (χ4n) is 2.26. The third kappa shape index (κ3) is 1.81. The fraction of sp³-hybridized carbons (Fsp3) is 0.0714. The Hall–Kier alpha value is -2.47. The van der Waals surface area contributed by atoms with E-state index in [1.54, 1.807) is 12.4 Å². The minimum Gasteiger partial charge on any atom is -0.313 e. The molecule has 0 aromatic carbocycles. The summed E-state index contributed by atoms with van der Waals surface area (Å²) in [6.07, 6.45) is 14.8. The average molecular weight is 281 g/mol. The lowest BCUT2D eigenvalue weighted by Crippen LogP contribution is -1.98. The summed E-state index contributed by atoms with van der Waals surface area (Å²) in [5.41, 5.74) is 3.08. The summed E-state index contributed by atoms with van der Waals surface area (Å²) >= 11 is 1.54. The standard InChI is InChI=1S/C14H11N5S/c1-2-4-10(3-1)11-9-17-13-12(15-5-7-19(11)13)18-14-16-6-8-20-14/h1,3-9H,2H2,(H,15,16,18). The molecule has 0 spiro atoms. The quantitative estimate of drug-likeness (QED) is 0.800. The van der Waals surface area contributed by atoms with Crippen LogP contribution < -0.4 is 5.32 Å². The summed E-state index contributed by atoms with van der Waals surface area (Å²) in [5, 5.41) is 5.95. The number of thiazole rings is 1. The highest BCUT2D eigenvalue weighted by Crippen LogP contribution is 2.26. The Morgan fingerprint density at radius 1 is 1.20 bits per heavy atom. The molecule has 1 aliphatic rings. The fourth-order valence-corrected chi connectivity index (χ4v) is 2.78. The van der Waals surface area contributed by atoms with Crippen molar-refractivity contribution in [3.05, 3.63) is 54.1 Å². The molecule has 0 amide bonds. The van der Waals surface area contributed by atoms with Crippen molar-refractivity contribution >= 4 is 33.5 Å². The average Bonchev–Trinajstić information content (AvgIpc) is 3.20. The molecule has 3 aromatic heterocycles. The van der Waals surface area contributed by atoms with Crippen molar-refractivity contribution in [2.24, 2.45) is 0 Å². The lowest BCUT2D eigenvalue weighted by molar-refractivity contribution is 1.11. The molecule has 3 heterocycles. The van der Waals surface area contributed by atoms with E-state index in [1.807, 2.05) is 22.2 Å². The van der Waals surface area contributed by atoms with E-state index < -0.39 is 0 Å². The Kier molecular flexibility index (Phi) is 2.60. The summed E-state index contributed by atoms with van der Waals surface area (Å²) < 4.78 is 2.05. The van der Waals surface area contributed by atoms with E-state index in [0.717, 1.165) is 28.7 Å². The van der Waals surface area contributed by atoms with Gasteiger partial charge in [0.25, 0.3) is 0 Å². The molecular formula is C14H11N5S. The third-order valence-electron chi connectivity index (χ3n) is 3.15. The predicted molar refractivity (Wildman–Crippen MR) is 80.1 cm³/mol. The molecule has 20 heavy (non-hydrogen) atoms. The molecule has 0 unspecified atom stereocenters. The normalized spacial score (nSPS) is 13.9. The van der Waals surface area contributed by atoms with Crippen molar-refractivity contribution in [2.45, 2.75) is 6.42 Å². The maximum atomic E-state index is 4.48. The Morgan fingerprint density at radius 3 is 3.00 bits per heavy atom. The van der Waals surface area contributed by atoms with Gasteiger partial charge >= 0.3 is 0 Å². The molecule has 0 saturated heterocycles. The van der Waals surface area contributed by atoms with Gasteiger partial charge in [-0.3, -0.25) is 4.40 Å². The number of hydrogen-bond donors (Lipinski definition) is 1. The number of hydrogen-bond acceptors (Lipinski definition) is 5. The second-order valence-corrected chi connectivity index (χ2v) is 5.27. The summed E-state index contributed by atoms with van der Waals surface area (Å²) in [6, 6.07) is 0. The van der Waals surface area contributed by atoms with Gasteiger partial charge in [0.1, 0.15) is 0 Å². The molecule has 1 aliphatic carbocycles. The first-order valence-electron chi connectivity index (χ1n) is 6.27. The molecule has 3 aromatic rings. The number of aromatic nitrogens is 4. The largest absolute Gasteiger partial charge is 0.313 e. The number of rotatable bonds is 3. The van der Waals surface area contributed by atoms with Crippen LogP contribution in [0.2, 0.25) is 0 Å². The van der Waals surface area contributed by atoms with Crippen LogP contribution in [0.25, 0.3) is 11.2 Å². The van der Waals surface area contributed by atoms with E-state index in [1.165, 1.54) is 16.9 Å². The zero-order valence-electron chi connectivity index (χ0n) is 10.5. The molecule has 0 radical (unpaired) electrons. The first-order valence-corrected chi connectivity index (χ1v) is 7.15. The van der Waals surface area contributed by atoms with Crippen molar-refractivity contribution in [3.63, 3.8) is 0 Å². The lowest BCUT2D eigenvalue weighted by Gasteiger charge is -2.05. The van der Waals surface area contributed by atoms with Crippen LogP contribution in [0.5, 0.6) is 0 Å². The van der Waals surface area contributed by atoms with Crippen LogP contribution in [0.15, 0.2) is 48.4 Å². The maximum absolute atomic E-state index is 4.48. The van der Waals surface area contributed by atoms with Gasteiger partial charge in [-0.05, 0) is 12.0 Å². The van der Waals surface area contributed by atoms with Gasteiger partial charge in [-0.2, -0.15) is 0 Å². The van der Waals surface area contributed by atoms with E-state index in [0.29, 0.717) is 0 Å². The second-order valence-electron chi connectivity index (χ2n) is 4.37. The van der Waals surface area contributed by atoms with E-state index >= 15 is 0 Å². The van der Waals surface area contributed by atoms with Crippen LogP contribution in [0.4, 0.5) is 10.9 Å². The lowest BCUT2D eigenvalue weighted by atomic mass is 10.2. The second kappa shape index (κ2) is 4.57. The number of allylic oxidation sites excluding steroid dienone is 4. The van der Waals surface area contributed by atoms with Gasteiger partial charge in [-0.25, -0.2) is 15.0 Å². The van der Waals surface area contributed by atoms with Crippen LogP contribution in [0, 0.1) is 0 Å². The Morgan fingerprint density at radius 2 is 2.20 bits per heavy atom. The van der Waals surface area contributed by atoms with Crippen LogP contribution in [-0.4, -0.2) is 19.4 Å². The minimum atomic E-state index is 0.719. The van der Waals surface area contributed by atoms with Gasteiger partial charge in [0.2, 0.25) is 0 Å². The number of nitrogens with one attached hydrogen (secondary N) is 1. The van der Waals surface area contributed by atoms with Gasteiger partial charge in [-0.15, -0.1) is 11.3 Å². The zero-order chi connectivity index (χ0) is 13.4. The maximum Gasteiger partial charge on any atom is 0.188 e. The zero-order valence-corrected chi connectivity index (χ0v) is 11.3. The number of imidazole rings is 1. The third-order valence-corrected chi connectivity index (χ3v) is 3.84. The molecule has 4 rings (SSSR count). The van der Waals surface area contributed by atoms with E-state index in [9.17, 15) is 0 Å². The molecular weight excluding hydrogens is 270 g/mol. The summed E-state index contributed by atoms with van der Waals surface area (Å²) in [4.78, 5) is 13.1. The van der Waals surface area contributed by atoms with Crippen LogP contribution in [0.1, 0.15) is 12.1 Å². The molecule has 0 saturated carbocycles. The highest BCUT2D eigenvalue weighted by Gasteiger charge is 2.12. The van der Waals surface area contributed by atoms with Crippen molar-refractivity contribution in [3.8, 4) is 0 Å². The highest BCUT2D eigenvalue weighted by molar-refractivity contribution is 7.13. The smallest absolute Gasteiger partial charge is 0.188 e. The molecule has 0 bridgehead atoms. The molecule has 98 valence electrons. The number of fused-ring (bicyclic) bond motifs is 1. The molecule has 1 N–H and O–H groups in total. The van der Waals surface area contributed by atoms with Gasteiger partial charge in [-0.1, -0.05) is 18.2 Å². The Balaban J connectivity index is 1.81. The van der Waals surface area contributed by atoms with Gasteiger partial charge in [0.05, 0.1) is 11.9 Å². The summed E-state index contributed by atoms with van der Waals surface area (Å²) in [7, 11) is 0. The Labute approximate surface area is 119 Å². The van der Waals surface area contributed by atoms with Crippen LogP contribution in [0.3, 0.4) is 0 Å². The van der Waals surface area contributed by atoms with E-state index in [-0.39, 0.29) is 0 Å². The monoisotopic (exact) mass is 281 g/mol. The first-order chi connectivity index (χ1) is 9.92.